The van der Waals surface area contributed by atoms with Crippen molar-refractivity contribution in [1.82, 2.24) is 0 Å². The lowest BCUT2D eigenvalue weighted by Crippen LogP contribution is -2.24. The number of carbonyl (C=O) groups is 2. The van der Waals surface area contributed by atoms with Crippen LogP contribution in [-0.4, -0.2) is 23.5 Å². The van der Waals surface area contributed by atoms with Gasteiger partial charge in [0.05, 0.1) is 12.0 Å². The van der Waals surface area contributed by atoms with E-state index in [1.807, 2.05) is 0 Å². The second kappa shape index (κ2) is 8.17. The molecule has 0 aliphatic heterocycles. The lowest BCUT2D eigenvalue weighted by molar-refractivity contribution is -0.147. The van der Waals surface area contributed by atoms with Crippen LogP contribution in [0.5, 0.6) is 5.75 Å². The second-order valence-corrected chi connectivity index (χ2v) is 6.94. The van der Waals surface area contributed by atoms with Crippen LogP contribution in [0.15, 0.2) is 48.5 Å². The van der Waals surface area contributed by atoms with Crippen LogP contribution >= 0.6 is 11.6 Å². The zero-order chi connectivity index (χ0) is 18.4. The minimum absolute atomic E-state index is 0.0774. The van der Waals surface area contributed by atoms with Crippen LogP contribution < -0.4 is 4.74 Å². The summed E-state index contributed by atoms with van der Waals surface area (Å²) in [5, 5.41) is 9.66. The fraction of sp³-hybridized carbons (Fsp3) is 0.300. The number of hydrogen-bond donors (Lipinski definition) is 1. The first-order chi connectivity index (χ1) is 11.8. The van der Waals surface area contributed by atoms with Crippen molar-refractivity contribution in [1.29, 1.82) is 0 Å². The van der Waals surface area contributed by atoms with Crippen molar-refractivity contribution in [2.45, 2.75) is 26.7 Å². The smallest absolute Gasteiger partial charge is 0.309 e. The van der Waals surface area contributed by atoms with Crippen molar-refractivity contribution < 1.29 is 19.4 Å². The van der Waals surface area contributed by atoms with Gasteiger partial charge in [0, 0.05) is 16.1 Å². The highest BCUT2D eigenvalue weighted by atomic mass is 35.5. The Hall–Kier alpha value is -2.33. The first-order valence-electron chi connectivity index (χ1n) is 8.06. The molecule has 2 rings (SSSR count). The first-order valence-corrected chi connectivity index (χ1v) is 8.44. The Balaban J connectivity index is 1.88. The Bertz CT molecular complexity index is 733. The molecule has 0 unspecified atom stereocenters. The number of carboxylic acid groups (broad SMARTS) is 1. The molecule has 0 heterocycles. The largest absolute Gasteiger partial charge is 0.494 e. The Morgan fingerprint density at radius 3 is 2.04 bits per heavy atom. The number of rotatable bonds is 8. The van der Waals surface area contributed by atoms with Gasteiger partial charge in [0.15, 0.2) is 5.78 Å². The third-order valence-corrected chi connectivity index (χ3v) is 4.27. The lowest BCUT2D eigenvalue weighted by Gasteiger charge is -2.18. The van der Waals surface area contributed by atoms with E-state index in [2.05, 4.69) is 0 Å². The van der Waals surface area contributed by atoms with Crippen molar-refractivity contribution in [3.05, 3.63) is 64.7 Å². The van der Waals surface area contributed by atoms with Crippen LogP contribution in [0.3, 0.4) is 0 Å². The van der Waals surface area contributed by atoms with Crippen molar-refractivity contribution in [3.63, 3.8) is 0 Å². The Morgan fingerprint density at radius 2 is 1.52 bits per heavy atom. The molecule has 0 amide bonds. The summed E-state index contributed by atoms with van der Waals surface area (Å²) < 4.78 is 5.62. The summed E-state index contributed by atoms with van der Waals surface area (Å²) in [5.74, 6) is -0.232. The van der Waals surface area contributed by atoms with Crippen LogP contribution in [0.2, 0.25) is 5.02 Å². The van der Waals surface area contributed by atoms with Crippen molar-refractivity contribution in [3.8, 4) is 5.75 Å². The van der Waals surface area contributed by atoms with Crippen molar-refractivity contribution in [2.75, 3.05) is 6.61 Å². The van der Waals surface area contributed by atoms with E-state index in [9.17, 15) is 9.59 Å². The molecule has 0 radical (unpaired) electrons. The molecule has 0 fully saturated rings. The molecule has 0 bridgehead atoms. The van der Waals surface area contributed by atoms with Gasteiger partial charge >= 0.3 is 5.97 Å². The van der Waals surface area contributed by atoms with Gasteiger partial charge in [-0.25, -0.2) is 0 Å². The topological polar surface area (TPSA) is 63.6 Å². The van der Waals surface area contributed by atoms with Crippen molar-refractivity contribution >= 4 is 23.4 Å². The maximum absolute atomic E-state index is 12.4. The number of aliphatic carboxylic acids is 1. The van der Waals surface area contributed by atoms with E-state index < -0.39 is 11.4 Å². The zero-order valence-electron chi connectivity index (χ0n) is 14.3. The summed E-state index contributed by atoms with van der Waals surface area (Å²) in [6.07, 6.45) is 1.18. The molecule has 0 aliphatic carbocycles. The van der Waals surface area contributed by atoms with Gasteiger partial charge in [-0.3, -0.25) is 9.59 Å². The van der Waals surface area contributed by atoms with Crippen LogP contribution in [0.25, 0.3) is 0 Å². The van der Waals surface area contributed by atoms with E-state index in [0.717, 1.165) is 0 Å². The molecule has 0 saturated heterocycles. The molecule has 0 atom stereocenters. The molecule has 0 saturated carbocycles. The van der Waals surface area contributed by atoms with Crippen LogP contribution in [0.4, 0.5) is 0 Å². The highest BCUT2D eigenvalue weighted by Gasteiger charge is 2.26. The van der Waals surface area contributed by atoms with Gasteiger partial charge in [0.2, 0.25) is 0 Å². The van der Waals surface area contributed by atoms with Crippen molar-refractivity contribution in [2.24, 2.45) is 5.41 Å². The normalized spacial score (nSPS) is 11.2. The Kier molecular flexibility index (Phi) is 6.21. The Labute approximate surface area is 152 Å². The third-order valence-electron chi connectivity index (χ3n) is 4.02. The first kappa shape index (κ1) is 19.0. The fourth-order valence-corrected chi connectivity index (χ4v) is 2.41. The van der Waals surface area contributed by atoms with E-state index in [1.165, 1.54) is 0 Å². The number of hydrogen-bond acceptors (Lipinski definition) is 3. The number of benzene rings is 2. The molecule has 0 spiro atoms. The molecule has 0 aromatic heterocycles. The van der Waals surface area contributed by atoms with Gasteiger partial charge in [-0.1, -0.05) is 11.6 Å². The molecule has 1 N–H and O–H groups in total. The van der Waals surface area contributed by atoms with Crippen LogP contribution in [-0.2, 0) is 4.79 Å². The highest BCUT2D eigenvalue weighted by molar-refractivity contribution is 6.30. The SMILES string of the molecule is CC(C)(CCCOc1ccc(C(=O)c2ccc(Cl)cc2)cc1)C(=O)O. The summed E-state index contributed by atoms with van der Waals surface area (Å²) in [6, 6.07) is 13.7. The van der Waals surface area contributed by atoms with Gasteiger partial charge in [-0.15, -0.1) is 0 Å². The predicted molar refractivity (Wildman–Crippen MR) is 97.5 cm³/mol. The van der Waals surface area contributed by atoms with Gasteiger partial charge in [-0.2, -0.15) is 0 Å². The second-order valence-electron chi connectivity index (χ2n) is 6.50. The average molecular weight is 361 g/mol. The number of ketones is 1. The summed E-state index contributed by atoms with van der Waals surface area (Å²) in [6.45, 7) is 3.83. The quantitative estimate of drug-likeness (QED) is 0.540. The molecule has 25 heavy (non-hydrogen) atoms. The van der Waals surface area contributed by atoms with E-state index in [1.54, 1.807) is 62.4 Å². The third kappa shape index (κ3) is 5.33. The number of ether oxygens (including phenoxy) is 1. The monoisotopic (exact) mass is 360 g/mol. The summed E-state index contributed by atoms with van der Waals surface area (Å²) in [4.78, 5) is 23.4. The van der Waals surface area contributed by atoms with E-state index in [0.29, 0.717) is 41.3 Å². The summed E-state index contributed by atoms with van der Waals surface area (Å²) in [5.41, 5.74) is 0.397. The van der Waals surface area contributed by atoms with Gasteiger partial charge in [0.1, 0.15) is 5.75 Å². The maximum Gasteiger partial charge on any atom is 0.309 e. The van der Waals surface area contributed by atoms with Crippen LogP contribution in [0, 0.1) is 5.41 Å². The molecule has 5 heteroatoms. The average Bonchev–Trinajstić information content (AvgIpc) is 2.59. The van der Waals surface area contributed by atoms with E-state index >= 15 is 0 Å². The molecular formula is C20H21ClO4. The number of halogens is 1. The maximum atomic E-state index is 12.4. The summed E-state index contributed by atoms with van der Waals surface area (Å²) in [7, 11) is 0. The van der Waals surface area contributed by atoms with Gasteiger partial charge < -0.3 is 9.84 Å². The molecule has 0 aliphatic rings. The highest BCUT2D eigenvalue weighted by Crippen LogP contribution is 2.23. The standard InChI is InChI=1S/C20H21ClO4/c1-20(2,19(23)24)12-3-13-25-17-10-6-15(7-11-17)18(22)14-4-8-16(21)9-5-14/h4-11H,3,12-13H2,1-2H3,(H,23,24). The molecular weight excluding hydrogens is 340 g/mol. The fourth-order valence-electron chi connectivity index (χ4n) is 2.28. The molecule has 2 aromatic carbocycles. The van der Waals surface area contributed by atoms with Gasteiger partial charge in [-0.05, 0) is 75.2 Å². The zero-order valence-corrected chi connectivity index (χ0v) is 15.0. The van der Waals surface area contributed by atoms with E-state index in [-0.39, 0.29) is 5.78 Å². The minimum atomic E-state index is -0.808. The molecule has 132 valence electrons. The van der Waals surface area contributed by atoms with Crippen LogP contribution in [0.1, 0.15) is 42.6 Å². The van der Waals surface area contributed by atoms with E-state index in [4.69, 9.17) is 21.4 Å². The molecule has 4 nitrogen and oxygen atoms in total. The van der Waals surface area contributed by atoms with Gasteiger partial charge in [0.25, 0.3) is 0 Å². The molecule has 2 aromatic rings. The lowest BCUT2D eigenvalue weighted by atomic mass is 9.88. The Morgan fingerprint density at radius 1 is 1.00 bits per heavy atom. The predicted octanol–water partition coefficient (Wildman–Crippen LogP) is 4.84. The number of carboxylic acids is 1. The number of carbonyl (C=O) groups excluding carboxylic acids is 1. The minimum Gasteiger partial charge on any atom is -0.494 e. The summed E-state index contributed by atoms with van der Waals surface area (Å²) >= 11 is 5.83.